The molecule has 2 unspecified atom stereocenters. The minimum Gasteiger partial charge on any atom is -0.376 e. The van der Waals surface area contributed by atoms with Gasteiger partial charge in [0.25, 0.3) is 0 Å². The van der Waals surface area contributed by atoms with Crippen molar-refractivity contribution in [1.29, 1.82) is 0 Å². The van der Waals surface area contributed by atoms with Crippen LogP contribution < -0.4 is 10.6 Å². The van der Waals surface area contributed by atoms with Gasteiger partial charge in [0.2, 0.25) is 0 Å². The van der Waals surface area contributed by atoms with Gasteiger partial charge in [0.1, 0.15) is 0 Å². The van der Waals surface area contributed by atoms with E-state index in [-0.39, 0.29) is 0 Å². The van der Waals surface area contributed by atoms with E-state index < -0.39 is 0 Å². The molecule has 18 heavy (non-hydrogen) atoms. The van der Waals surface area contributed by atoms with Gasteiger partial charge in [0.05, 0.1) is 12.1 Å². The average molecular weight is 313 g/mol. The Morgan fingerprint density at radius 2 is 2.28 bits per heavy atom. The zero-order chi connectivity index (χ0) is 13.1. The molecule has 0 spiro atoms. The Morgan fingerprint density at radius 3 is 2.89 bits per heavy atom. The smallest absolute Gasteiger partial charge is 0.0750 e. The first kappa shape index (κ1) is 13.8. The van der Waals surface area contributed by atoms with Gasteiger partial charge in [-0.15, -0.1) is 0 Å². The van der Waals surface area contributed by atoms with Crippen LogP contribution in [0.2, 0.25) is 0 Å². The standard InChI is InChI=1S/C14H21BrN2O/c1-10-13(6-8-18-10)17(2)14-9-12(15)4-3-11(14)5-7-16/h3-4,9-10,13H,5-8,16H2,1-2H3. The van der Waals surface area contributed by atoms with E-state index in [1.165, 1.54) is 11.3 Å². The summed E-state index contributed by atoms with van der Waals surface area (Å²) in [6, 6.07) is 6.87. The monoisotopic (exact) mass is 312 g/mol. The van der Waals surface area contributed by atoms with Crippen LogP contribution in [0.4, 0.5) is 5.69 Å². The van der Waals surface area contributed by atoms with E-state index in [4.69, 9.17) is 10.5 Å². The fourth-order valence-electron chi connectivity index (χ4n) is 2.64. The first-order valence-corrected chi connectivity index (χ1v) is 7.25. The minimum absolute atomic E-state index is 0.291. The van der Waals surface area contributed by atoms with Gasteiger partial charge in [-0.05, 0) is 44.0 Å². The molecule has 2 N–H and O–H groups in total. The lowest BCUT2D eigenvalue weighted by Gasteiger charge is -2.30. The first-order valence-electron chi connectivity index (χ1n) is 6.46. The molecule has 0 saturated carbocycles. The van der Waals surface area contributed by atoms with E-state index in [0.717, 1.165) is 23.9 Å². The quantitative estimate of drug-likeness (QED) is 0.928. The van der Waals surface area contributed by atoms with Crippen LogP contribution in [-0.4, -0.2) is 32.3 Å². The lowest BCUT2D eigenvalue weighted by atomic mass is 10.0. The maximum absolute atomic E-state index is 5.69. The van der Waals surface area contributed by atoms with Crippen LogP contribution in [0.3, 0.4) is 0 Å². The van der Waals surface area contributed by atoms with Crippen LogP contribution >= 0.6 is 15.9 Å². The summed E-state index contributed by atoms with van der Waals surface area (Å²) in [7, 11) is 2.15. The second-order valence-electron chi connectivity index (χ2n) is 4.85. The molecule has 0 aliphatic carbocycles. The molecule has 100 valence electrons. The van der Waals surface area contributed by atoms with Gasteiger partial charge in [0.15, 0.2) is 0 Å². The summed E-state index contributed by atoms with van der Waals surface area (Å²) in [6.07, 6.45) is 2.29. The molecule has 1 aromatic rings. The van der Waals surface area contributed by atoms with Gasteiger partial charge in [-0.3, -0.25) is 0 Å². The Bertz CT molecular complexity index is 411. The Labute approximate surface area is 117 Å². The number of nitrogens with two attached hydrogens (primary N) is 1. The van der Waals surface area contributed by atoms with Crippen LogP contribution in [0, 0.1) is 0 Å². The lowest BCUT2D eigenvalue weighted by molar-refractivity contribution is 0.118. The van der Waals surface area contributed by atoms with Crippen molar-refractivity contribution in [2.24, 2.45) is 5.73 Å². The highest BCUT2D eigenvalue weighted by Crippen LogP contribution is 2.30. The van der Waals surface area contributed by atoms with E-state index in [9.17, 15) is 0 Å². The van der Waals surface area contributed by atoms with E-state index in [1.54, 1.807) is 0 Å². The van der Waals surface area contributed by atoms with Crippen molar-refractivity contribution in [3.8, 4) is 0 Å². The molecule has 2 rings (SSSR count). The molecule has 0 radical (unpaired) electrons. The number of nitrogens with zero attached hydrogens (tertiary/aromatic N) is 1. The van der Waals surface area contributed by atoms with E-state index in [1.807, 2.05) is 0 Å². The molecular weight excluding hydrogens is 292 g/mol. The summed E-state index contributed by atoms with van der Waals surface area (Å²) in [6.45, 7) is 3.68. The minimum atomic E-state index is 0.291. The lowest BCUT2D eigenvalue weighted by Crippen LogP contribution is -2.37. The molecule has 0 bridgehead atoms. The summed E-state index contributed by atoms with van der Waals surface area (Å²) in [4.78, 5) is 2.34. The van der Waals surface area contributed by atoms with Gasteiger partial charge < -0.3 is 15.4 Å². The Balaban J connectivity index is 2.27. The number of ether oxygens (including phenoxy) is 1. The maximum atomic E-state index is 5.69. The first-order chi connectivity index (χ1) is 8.63. The molecule has 1 aliphatic heterocycles. The van der Waals surface area contributed by atoms with Crippen molar-refractivity contribution in [2.45, 2.75) is 31.9 Å². The molecule has 1 aliphatic rings. The molecule has 4 heteroatoms. The van der Waals surface area contributed by atoms with Crippen molar-refractivity contribution in [2.75, 3.05) is 25.1 Å². The molecule has 3 nitrogen and oxygen atoms in total. The van der Waals surface area contributed by atoms with Gasteiger partial charge in [-0.25, -0.2) is 0 Å². The van der Waals surface area contributed by atoms with E-state index >= 15 is 0 Å². The summed E-state index contributed by atoms with van der Waals surface area (Å²) < 4.78 is 6.77. The van der Waals surface area contributed by atoms with Gasteiger partial charge in [0, 0.05) is 23.8 Å². The second-order valence-corrected chi connectivity index (χ2v) is 5.77. The third kappa shape index (κ3) is 2.87. The molecule has 1 heterocycles. The van der Waals surface area contributed by atoms with Crippen molar-refractivity contribution in [3.05, 3.63) is 28.2 Å². The molecular formula is C14H21BrN2O. The van der Waals surface area contributed by atoms with Crippen LogP contribution in [0.25, 0.3) is 0 Å². The van der Waals surface area contributed by atoms with Gasteiger partial charge in [-0.1, -0.05) is 22.0 Å². The van der Waals surface area contributed by atoms with Crippen molar-refractivity contribution in [1.82, 2.24) is 0 Å². The molecule has 2 atom stereocenters. The summed E-state index contributed by atoms with van der Waals surface area (Å²) in [5, 5.41) is 0. The molecule has 0 amide bonds. The zero-order valence-corrected chi connectivity index (χ0v) is 12.6. The van der Waals surface area contributed by atoms with Gasteiger partial charge >= 0.3 is 0 Å². The number of likely N-dealkylation sites (N-methyl/N-ethyl adjacent to an activating group) is 1. The van der Waals surface area contributed by atoms with Crippen molar-refractivity contribution < 1.29 is 4.74 Å². The predicted molar refractivity (Wildman–Crippen MR) is 79.1 cm³/mol. The van der Waals surface area contributed by atoms with Gasteiger partial charge in [-0.2, -0.15) is 0 Å². The fourth-order valence-corrected chi connectivity index (χ4v) is 2.99. The fraction of sp³-hybridized carbons (Fsp3) is 0.571. The Morgan fingerprint density at radius 1 is 1.50 bits per heavy atom. The van der Waals surface area contributed by atoms with E-state index in [0.29, 0.717) is 18.7 Å². The van der Waals surface area contributed by atoms with Crippen LogP contribution in [0.1, 0.15) is 18.9 Å². The van der Waals surface area contributed by atoms with Crippen LogP contribution in [-0.2, 0) is 11.2 Å². The number of benzene rings is 1. The number of rotatable bonds is 4. The normalized spacial score (nSPS) is 23.3. The highest BCUT2D eigenvalue weighted by atomic mass is 79.9. The summed E-state index contributed by atoms with van der Waals surface area (Å²) in [5.74, 6) is 0. The maximum Gasteiger partial charge on any atom is 0.0750 e. The molecule has 0 aromatic heterocycles. The second kappa shape index (κ2) is 6.04. The largest absolute Gasteiger partial charge is 0.376 e. The van der Waals surface area contributed by atoms with E-state index in [2.05, 4.69) is 53.0 Å². The number of hydrogen-bond acceptors (Lipinski definition) is 3. The van der Waals surface area contributed by atoms with Crippen molar-refractivity contribution >= 4 is 21.6 Å². The SMILES string of the molecule is CC1OCCC1N(C)c1cc(Br)ccc1CCN. The third-order valence-electron chi connectivity index (χ3n) is 3.67. The number of anilines is 1. The van der Waals surface area contributed by atoms with Crippen LogP contribution in [0.15, 0.2) is 22.7 Å². The summed E-state index contributed by atoms with van der Waals surface area (Å²) >= 11 is 3.55. The number of halogens is 1. The molecule has 1 aromatic carbocycles. The Hall–Kier alpha value is -0.580. The molecule has 1 saturated heterocycles. The highest BCUT2D eigenvalue weighted by Gasteiger charge is 2.28. The van der Waals surface area contributed by atoms with Crippen LogP contribution in [0.5, 0.6) is 0 Å². The predicted octanol–water partition coefficient (Wildman–Crippen LogP) is 2.56. The third-order valence-corrected chi connectivity index (χ3v) is 4.17. The Kier molecular flexibility index (Phi) is 4.65. The summed E-state index contributed by atoms with van der Waals surface area (Å²) in [5.41, 5.74) is 8.26. The highest BCUT2D eigenvalue weighted by molar-refractivity contribution is 9.10. The number of hydrogen-bond donors (Lipinski definition) is 1. The zero-order valence-electron chi connectivity index (χ0n) is 11.0. The van der Waals surface area contributed by atoms with Crippen molar-refractivity contribution in [3.63, 3.8) is 0 Å². The average Bonchev–Trinajstić information content (AvgIpc) is 2.77. The topological polar surface area (TPSA) is 38.5 Å². The molecule has 1 fully saturated rings.